The molecule has 0 aromatic heterocycles. The van der Waals surface area contributed by atoms with Gasteiger partial charge in [0.05, 0.1) is 7.11 Å². The number of fused-ring (bicyclic) bond motifs is 1. The van der Waals surface area contributed by atoms with Crippen LogP contribution in [0.5, 0.6) is 0 Å². The second-order valence-corrected chi connectivity index (χ2v) is 3.51. The van der Waals surface area contributed by atoms with Crippen LogP contribution >= 0.6 is 0 Å². The largest absolute Gasteiger partial charge is 0.467 e. The summed E-state index contributed by atoms with van der Waals surface area (Å²) in [7, 11) is 1.15. The molecule has 0 fully saturated rings. The van der Waals surface area contributed by atoms with E-state index < -0.39 is 17.4 Å². The van der Waals surface area contributed by atoms with Gasteiger partial charge in [-0.3, -0.25) is 4.79 Å². The lowest BCUT2D eigenvalue weighted by Gasteiger charge is -2.16. The molecule has 2 rings (SSSR count). The van der Waals surface area contributed by atoms with E-state index in [-0.39, 0.29) is 6.42 Å². The van der Waals surface area contributed by atoms with Gasteiger partial charge in [0.2, 0.25) is 11.4 Å². The van der Waals surface area contributed by atoms with Gasteiger partial charge in [-0.25, -0.2) is 4.79 Å². The number of carbonyl (C=O) groups excluding carboxylic acids is 2. The van der Waals surface area contributed by atoms with E-state index in [4.69, 9.17) is 0 Å². The number of ether oxygens (including phenoxy) is 1. The second-order valence-electron chi connectivity index (χ2n) is 3.51. The maximum Gasteiger partial charge on any atom is 0.346 e. The van der Waals surface area contributed by atoms with Gasteiger partial charge >= 0.3 is 5.97 Å². The fourth-order valence-corrected chi connectivity index (χ4v) is 1.81. The van der Waals surface area contributed by atoms with Crippen LogP contribution in [-0.2, 0) is 16.0 Å². The zero-order chi connectivity index (χ0) is 11.1. The molecule has 0 saturated heterocycles. The minimum absolute atomic E-state index is 0.00528. The molecular formula is C11H10O4. The van der Waals surface area contributed by atoms with E-state index >= 15 is 0 Å². The first-order valence-electron chi connectivity index (χ1n) is 4.53. The summed E-state index contributed by atoms with van der Waals surface area (Å²) in [6.07, 6.45) is -0.00528. The molecule has 1 N–H and O–H groups in total. The topological polar surface area (TPSA) is 63.6 Å². The van der Waals surface area contributed by atoms with Crippen molar-refractivity contribution in [2.24, 2.45) is 0 Å². The molecule has 0 amide bonds. The van der Waals surface area contributed by atoms with Crippen LogP contribution in [0.4, 0.5) is 0 Å². The Labute approximate surface area is 86.5 Å². The molecule has 1 aromatic rings. The van der Waals surface area contributed by atoms with Gasteiger partial charge in [0.1, 0.15) is 0 Å². The lowest BCUT2D eigenvalue weighted by Crippen LogP contribution is -2.45. The molecule has 4 nitrogen and oxygen atoms in total. The molecule has 4 heteroatoms. The highest BCUT2D eigenvalue weighted by atomic mass is 16.5. The normalized spacial score (nSPS) is 23.7. The number of carbonyl (C=O) groups is 2. The highest BCUT2D eigenvalue weighted by molar-refractivity contribution is 6.18. The molecule has 1 aliphatic carbocycles. The molecule has 0 saturated carbocycles. The molecule has 78 valence electrons. The molecule has 0 aliphatic heterocycles. The molecule has 1 aliphatic rings. The van der Waals surface area contributed by atoms with Gasteiger partial charge in [0.15, 0.2) is 0 Å². The Morgan fingerprint density at radius 2 is 2.13 bits per heavy atom. The van der Waals surface area contributed by atoms with Crippen LogP contribution in [-0.4, -0.2) is 29.6 Å². The van der Waals surface area contributed by atoms with Crippen LogP contribution in [0.1, 0.15) is 15.9 Å². The molecule has 1 aromatic carbocycles. The van der Waals surface area contributed by atoms with Gasteiger partial charge in [-0.2, -0.15) is 0 Å². The first-order chi connectivity index (χ1) is 7.09. The predicted molar refractivity (Wildman–Crippen MR) is 51.4 cm³/mol. The van der Waals surface area contributed by atoms with Crippen LogP contribution in [0.25, 0.3) is 0 Å². The number of methoxy groups -OCH3 is 1. The van der Waals surface area contributed by atoms with Crippen molar-refractivity contribution in [1.82, 2.24) is 0 Å². The maximum absolute atomic E-state index is 11.8. The summed E-state index contributed by atoms with van der Waals surface area (Å²) in [5.74, 6) is -1.48. The molecule has 0 bridgehead atoms. The Kier molecular flexibility index (Phi) is 2.08. The van der Waals surface area contributed by atoms with Gasteiger partial charge in [-0.1, -0.05) is 24.3 Å². The van der Waals surface area contributed by atoms with Gasteiger partial charge < -0.3 is 9.84 Å². The molecular weight excluding hydrogens is 196 g/mol. The Hall–Kier alpha value is -1.68. The highest BCUT2D eigenvalue weighted by Crippen LogP contribution is 2.30. The fourth-order valence-electron chi connectivity index (χ4n) is 1.81. The van der Waals surface area contributed by atoms with Crippen LogP contribution < -0.4 is 0 Å². The quantitative estimate of drug-likeness (QED) is 0.531. The first-order valence-corrected chi connectivity index (χ1v) is 4.53. The van der Waals surface area contributed by atoms with Crippen LogP contribution in [0.15, 0.2) is 24.3 Å². The summed E-state index contributed by atoms with van der Waals surface area (Å²) in [6, 6.07) is 6.77. The Morgan fingerprint density at radius 1 is 1.47 bits per heavy atom. The van der Waals surface area contributed by atoms with E-state index in [9.17, 15) is 14.7 Å². The van der Waals surface area contributed by atoms with E-state index in [0.717, 1.165) is 7.11 Å². The lowest BCUT2D eigenvalue weighted by atomic mass is 10.00. The standard InChI is InChI=1S/C11H10O4/c1-15-10(13)11(14)6-7-4-2-3-5-8(7)9(11)12/h2-5,14H,6H2,1H3. The van der Waals surface area contributed by atoms with E-state index in [0.29, 0.717) is 11.1 Å². The van der Waals surface area contributed by atoms with Crippen molar-refractivity contribution in [2.45, 2.75) is 12.0 Å². The zero-order valence-electron chi connectivity index (χ0n) is 8.19. The summed E-state index contributed by atoms with van der Waals surface area (Å²) < 4.78 is 4.43. The monoisotopic (exact) mass is 206 g/mol. The van der Waals surface area contributed by atoms with Crippen molar-refractivity contribution in [2.75, 3.05) is 7.11 Å². The number of hydrogen-bond donors (Lipinski definition) is 1. The van der Waals surface area contributed by atoms with Gasteiger partial charge in [-0.05, 0) is 5.56 Å². The SMILES string of the molecule is COC(=O)C1(O)Cc2ccccc2C1=O. The van der Waals surface area contributed by atoms with E-state index in [1.54, 1.807) is 24.3 Å². The van der Waals surface area contributed by atoms with Crippen molar-refractivity contribution in [3.63, 3.8) is 0 Å². The van der Waals surface area contributed by atoms with Crippen molar-refractivity contribution in [1.29, 1.82) is 0 Å². The molecule has 1 atom stereocenters. The van der Waals surface area contributed by atoms with Crippen molar-refractivity contribution < 1.29 is 19.4 Å². The Morgan fingerprint density at radius 3 is 2.73 bits per heavy atom. The fraction of sp³-hybridized carbons (Fsp3) is 0.273. The second kappa shape index (κ2) is 3.17. The summed E-state index contributed by atoms with van der Waals surface area (Å²) in [6.45, 7) is 0. The van der Waals surface area contributed by atoms with E-state index in [2.05, 4.69) is 4.74 Å². The number of hydrogen-bond acceptors (Lipinski definition) is 4. The number of rotatable bonds is 1. The number of aliphatic hydroxyl groups is 1. The minimum atomic E-state index is -2.03. The summed E-state index contributed by atoms with van der Waals surface area (Å²) in [5, 5.41) is 9.93. The third kappa shape index (κ3) is 1.26. The average Bonchev–Trinajstić information content (AvgIpc) is 2.52. The third-order valence-electron chi connectivity index (χ3n) is 2.61. The van der Waals surface area contributed by atoms with Crippen LogP contribution in [0.3, 0.4) is 0 Å². The van der Waals surface area contributed by atoms with Gasteiger partial charge in [0.25, 0.3) is 0 Å². The highest BCUT2D eigenvalue weighted by Gasteiger charge is 2.51. The van der Waals surface area contributed by atoms with Gasteiger partial charge in [-0.15, -0.1) is 0 Å². The lowest BCUT2D eigenvalue weighted by molar-refractivity contribution is -0.156. The number of benzene rings is 1. The summed E-state index contributed by atoms with van der Waals surface area (Å²) in [4.78, 5) is 23.1. The maximum atomic E-state index is 11.8. The van der Waals surface area contributed by atoms with Gasteiger partial charge in [0, 0.05) is 12.0 Å². The number of ketones is 1. The minimum Gasteiger partial charge on any atom is -0.467 e. The summed E-state index contributed by atoms with van der Waals surface area (Å²) >= 11 is 0. The van der Waals surface area contributed by atoms with E-state index in [1.165, 1.54) is 0 Å². The molecule has 0 spiro atoms. The van der Waals surface area contributed by atoms with Crippen molar-refractivity contribution in [3.05, 3.63) is 35.4 Å². The van der Waals surface area contributed by atoms with Crippen molar-refractivity contribution >= 4 is 11.8 Å². The average molecular weight is 206 g/mol. The number of esters is 1. The molecule has 15 heavy (non-hydrogen) atoms. The van der Waals surface area contributed by atoms with E-state index in [1.807, 2.05) is 0 Å². The smallest absolute Gasteiger partial charge is 0.346 e. The third-order valence-corrected chi connectivity index (χ3v) is 2.61. The first kappa shape index (κ1) is 9.86. The van der Waals surface area contributed by atoms with Crippen LogP contribution in [0, 0.1) is 0 Å². The number of Topliss-reactive ketones (excluding diaryl/α,β-unsaturated/α-hetero) is 1. The van der Waals surface area contributed by atoms with Crippen LogP contribution in [0.2, 0.25) is 0 Å². The zero-order valence-corrected chi connectivity index (χ0v) is 8.19. The molecule has 0 heterocycles. The Balaban J connectivity index is 2.47. The predicted octanol–water partition coefficient (Wildman–Crippen LogP) is 0.330. The molecule has 0 radical (unpaired) electrons. The molecule has 1 unspecified atom stereocenters. The summed E-state index contributed by atoms with van der Waals surface area (Å²) in [5.41, 5.74) is -0.959. The van der Waals surface area contributed by atoms with Crippen molar-refractivity contribution in [3.8, 4) is 0 Å². The Bertz CT molecular complexity index is 438.